The summed E-state index contributed by atoms with van der Waals surface area (Å²) >= 11 is 0. The molecule has 75 heavy (non-hydrogen) atoms. The monoisotopic (exact) mass is 1040 g/mol. The van der Waals surface area contributed by atoms with E-state index < -0.39 is 67.3 Å². The predicted molar refractivity (Wildman–Crippen MR) is 303 cm³/mol. The summed E-state index contributed by atoms with van der Waals surface area (Å²) in [7, 11) is 0. The van der Waals surface area contributed by atoms with Crippen LogP contribution in [0.3, 0.4) is 0 Å². The van der Waals surface area contributed by atoms with Gasteiger partial charge in [-0.15, -0.1) is 0 Å². The molecule has 1 aliphatic heterocycles. The van der Waals surface area contributed by atoms with E-state index in [-0.39, 0.29) is 25.9 Å². The Hall–Kier alpha value is -5.14. The minimum atomic E-state index is -1.93. The van der Waals surface area contributed by atoms with Gasteiger partial charge in [-0.2, -0.15) is 0 Å². The molecule has 0 aromatic rings. The Kier molecular flexibility index (Phi) is 45.0. The number of ether oxygens (including phenoxy) is 5. The molecule has 12 heteroatoms. The van der Waals surface area contributed by atoms with E-state index >= 15 is 0 Å². The molecule has 1 heterocycles. The first-order valence-corrected chi connectivity index (χ1v) is 28.2. The molecule has 12 nitrogen and oxygen atoms in total. The minimum absolute atomic E-state index is 0.00675. The van der Waals surface area contributed by atoms with Crippen LogP contribution >= 0.6 is 0 Å². The summed E-state index contributed by atoms with van der Waals surface area (Å²) in [5.41, 5.74) is 0. The van der Waals surface area contributed by atoms with Gasteiger partial charge in [0.2, 0.25) is 0 Å². The summed E-state index contributed by atoms with van der Waals surface area (Å²) in [4.78, 5) is 51.0. The zero-order valence-corrected chi connectivity index (χ0v) is 46.0. The molecule has 1 saturated heterocycles. The van der Waals surface area contributed by atoms with Crippen LogP contribution in [0.1, 0.15) is 188 Å². The molecule has 0 saturated carbocycles. The van der Waals surface area contributed by atoms with Gasteiger partial charge in [-0.25, -0.2) is 4.79 Å². The highest BCUT2D eigenvalue weighted by Crippen LogP contribution is 2.26. The Morgan fingerprint density at radius 1 is 0.440 bits per heavy atom. The number of aliphatic hydroxyl groups excluding tert-OH is 2. The van der Waals surface area contributed by atoms with Gasteiger partial charge >= 0.3 is 23.9 Å². The van der Waals surface area contributed by atoms with Crippen LogP contribution in [0.2, 0.25) is 0 Å². The van der Waals surface area contributed by atoms with Gasteiger partial charge in [0, 0.05) is 19.3 Å². The highest BCUT2D eigenvalue weighted by Gasteiger charge is 2.50. The first-order valence-electron chi connectivity index (χ1n) is 28.2. The van der Waals surface area contributed by atoms with Gasteiger partial charge in [0.05, 0.1) is 6.61 Å². The standard InChI is InChI=1S/C63H96O12/c1-4-7-10-13-16-19-22-25-26-27-28-29-30-33-36-39-42-45-48-51-57(66)74-61-59(68)58(67)60(62(69)70)75-63(61)72-53-54(73-56(65)50-47-44-41-38-35-32-24-21-18-15-12-9-6-3)52-71-55(64)49-46-43-40-37-34-31-23-20-17-14-11-8-5-2/h7-12,16-21,25-26,28-29,31-36,54,58-61,63,67-68H,4-6,13-15,22-24,27,30,37-53H2,1-3H3,(H,69,70)/b10-7-,11-8-,12-9-,19-16-,20-17-,21-18-,26-25-,29-28-,34-31-,35-32-,36-33-. The van der Waals surface area contributed by atoms with E-state index in [0.717, 1.165) is 128 Å². The quantitative estimate of drug-likeness (QED) is 0.0228. The summed E-state index contributed by atoms with van der Waals surface area (Å²) in [6.45, 7) is 5.55. The number of carbonyl (C=O) groups excluding carboxylic acids is 3. The van der Waals surface area contributed by atoms with Crippen LogP contribution in [0, 0.1) is 0 Å². The molecular formula is C63H96O12. The summed E-state index contributed by atoms with van der Waals surface area (Å²) in [5, 5.41) is 31.4. The second-order valence-corrected chi connectivity index (χ2v) is 18.4. The average molecular weight is 1050 g/mol. The van der Waals surface area contributed by atoms with Crippen LogP contribution in [0.4, 0.5) is 0 Å². The molecule has 0 aromatic heterocycles. The zero-order valence-electron chi connectivity index (χ0n) is 46.0. The second kappa shape index (κ2) is 49.7. The lowest BCUT2D eigenvalue weighted by Gasteiger charge is -2.40. The molecule has 0 amide bonds. The second-order valence-electron chi connectivity index (χ2n) is 18.4. The van der Waals surface area contributed by atoms with E-state index in [2.05, 4.69) is 154 Å². The van der Waals surface area contributed by atoms with E-state index in [1.54, 1.807) is 0 Å². The number of hydrogen-bond acceptors (Lipinski definition) is 11. The number of aliphatic carboxylic acids is 1. The van der Waals surface area contributed by atoms with Gasteiger partial charge < -0.3 is 39.0 Å². The zero-order chi connectivity index (χ0) is 54.7. The predicted octanol–water partition coefficient (Wildman–Crippen LogP) is 14.2. The fraction of sp³-hybridized carbons (Fsp3) is 0.587. The van der Waals surface area contributed by atoms with Crippen molar-refractivity contribution in [1.29, 1.82) is 0 Å². The maximum absolute atomic E-state index is 13.1. The number of carboxylic acids is 1. The molecule has 3 N–H and O–H groups in total. The lowest BCUT2D eigenvalue weighted by atomic mass is 9.98. The van der Waals surface area contributed by atoms with Crippen molar-refractivity contribution < 1.29 is 58.2 Å². The molecule has 420 valence electrons. The molecule has 6 atom stereocenters. The topological polar surface area (TPSA) is 175 Å². The maximum atomic E-state index is 13.1. The van der Waals surface area contributed by atoms with Crippen molar-refractivity contribution in [3.05, 3.63) is 134 Å². The van der Waals surface area contributed by atoms with Gasteiger partial charge in [0.1, 0.15) is 18.8 Å². The van der Waals surface area contributed by atoms with Crippen LogP contribution in [-0.2, 0) is 42.9 Å². The van der Waals surface area contributed by atoms with Gasteiger partial charge in [0.15, 0.2) is 24.6 Å². The van der Waals surface area contributed by atoms with Crippen molar-refractivity contribution in [3.63, 3.8) is 0 Å². The molecular weight excluding hydrogens is 949 g/mol. The fourth-order valence-corrected chi connectivity index (χ4v) is 7.48. The van der Waals surface area contributed by atoms with Gasteiger partial charge in [0.25, 0.3) is 0 Å². The van der Waals surface area contributed by atoms with Gasteiger partial charge in [-0.3, -0.25) is 14.4 Å². The summed E-state index contributed by atoms with van der Waals surface area (Å²) < 4.78 is 28.3. The number of carbonyl (C=O) groups is 4. The molecule has 0 radical (unpaired) electrons. The van der Waals surface area contributed by atoms with Gasteiger partial charge in [-0.1, -0.05) is 174 Å². The number of allylic oxidation sites excluding steroid dienone is 22. The van der Waals surface area contributed by atoms with Crippen LogP contribution < -0.4 is 0 Å². The number of rotatable bonds is 45. The van der Waals surface area contributed by atoms with E-state index in [0.29, 0.717) is 19.3 Å². The maximum Gasteiger partial charge on any atom is 0.335 e. The Labute approximate surface area is 451 Å². The molecule has 0 spiro atoms. The summed E-state index contributed by atoms with van der Waals surface area (Å²) in [6, 6.07) is 0. The first-order chi connectivity index (χ1) is 36.6. The number of hydrogen-bond donors (Lipinski definition) is 3. The van der Waals surface area contributed by atoms with Crippen molar-refractivity contribution >= 4 is 23.9 Å². The van der Waals surface area contributed by atoms with Crippen LogP contribution in [0.5, 0.6) is 0 Å². The average Bonchev–Trinajstić information content (AvgIpc) is 3.39. The number of unbranched alkanes of at least 4 members (excludes halogenated alkanes) is 9. The number of esters is 3. The van der Waals surface area contributed by atoms with Crippen molar-refractivity contribution in [3.8, 4) is 0 Å². The van der Waals surface area contributed by atoms with E-state index in [1.807, 2.05) is 0 Å². The van der Waals surface area contributed by atoms with Crippen LogP contribution in [0.15, 0.2) is 134 Å². The molecule has 6 unspecified atom stereocenters. The molecule has 0 aromatic carbocycles. The largest absolute Gasteiger partial charge is 0.479 e. The van der Waals surface area contributed by atoms with Gasteiger partial charge in [-0.05, 0) is 128 Å². The molecule has 0 bridgehead atoms. The van der Waals surface area contributed by atoms with Crippen LogP contribution in [-0.4, -0.2) is 89.2 Å². The van der Waals surface area contributed by atoms with Crippen molar-refractivity contribution in [2.24, 2.45) is 0 Å². The lowest BCUT2D eigenvalue weighted by molar-refractivity contribution is -0.301. The Bertz CT molecular complexity index is 1810. The molecule has 1 fully saturated rings. The van der Waals surface area contributed by atoms with Crippen molar-refractivity contribution in [2.75, 3.05) is 13.2 Å². The fourth-order valence-electron chi connectivity index (χ4n) is 7.48. The SMILES string of the molecule is CC/C=C\C/C=C\C/C=C\C/C=C\C/C=C\CCCCCC(=O)OC1C(OCC(COC(=O)CCCCC/C=C\C/C=C\C/C=C\CC)OC(=O)CCCCC/C=C\C/C=C\C/C=C\CC)OC(C(=O)O)C(O)C1O. The lowest BCUT2D eigenvalue weighted by Crippen LogP contribution is -2.61. The third-order valence-electron chi connectivity index (χ3n) is 11.7. The Morgan fingerprint density at radius 3 is 1.19 bits per heavy atom. The van der Waals surface area contributed by atoms with E-state index in [4.69, 9.17) is 23.7 Å². The van der Waals surface area contributed by atoms with Crippen molar-refractivity contribution in [2.45, 2.75) is 225 Å². The molecule has 0 aliphatic carbocycles. The normalized spacial score (nSPS) is 19.2. The minimum Gasteiger partial charge on any atom is -0.479 e. The summed E-state index contributed by atoms with van der Waals surface area (Å²) in [5.74, 6) is -3.27. The highest BCUT2D eigenvalue weighted by atomic mass is 16.7. The Morgan fingerprint density at radius 2 is 0.800 bits per heavy atom. The third kappa shape index (κ3) is 39.9. The van der Waals surface area contributed by atoms with Crippen molar-refractivity contribution in [1.82, 2.24) is 0 Å². The number of aliphatic hydroxyl groups is 2. The van der Waals surface area contributed by atoms with E-state index in [9.17, 15) is 34.5 Å². The third-order valence-corrected chi connectivity index (χ3v) is 11.7. The summed E-state index contributed by atoms with van der Waals surface area (Å²) in [6.07, 6.45) is 57.2. The van der Waals surface area contributed by atoms with Crippen LogP contribution in [0.25, 0.3) is 0 Å². The smallest absolute Gasteiger partial charge is 0.335 e. The molecule has 1 aliphatic rings. The molecule has 1 rings (SSSR count). The Balaban J connectivity index is 2.76. The number of carboxylic acid groups (broad SMARTS) is 1. The highest BCUT2D eigenvalue weighted by molar-refractivity contribution is 5.74. The first kappa shape index (κ1) is 67.9. The van der Waals surface area contributed by atoms with E-state index in [1.165, 1.54) is 0 Å².